The van der Waals surface area contributed by atoms with Crippen LogP contribution in [-0.2, 0) is 4.43 Å². The van der Waals surface area contributed by atoms with Crippen LogP contribution in [0, 0.1) is 5.92 Å². The van der Waals surface area contributed by atoms with Crippen LogP contribution >= 0.6 is 0 Å². The average Bonchev–Trinajstić information content (AvgIpc) is 2.19. The van der Waals surface area contributed by atoms with Gasteiger partial charge in [0.2, 0.25) is 8.32 Å². The van der Waals surface area contributed by atoms with Gasteiger partial charge < -0.3 is 4.43 Å². The second-order valence-electron chi connectivity index (χ2n) is 6.32. The van der Waals surface area contributed by atoms with Gasteiger partial charge in [-0.25, -0.2) is 0 Å². The average molecular weight is 250 g/mol. The first kappa shape index (κ1) is 14.3. The van der Waals surface area contributed by atoms with Crippen molar-refractivity contribution in [3.05, 3.63) is 36.6 Å². The molecule has 0 bridgehead atoms. The van der Waals surface area contributed by atoms with Gasteiger partial charge in [0.05, 0.1) is 5.76 Å². The Hall–Kier alpha value is -0.763. The Morgan fingerprint density at radius 3 is 2.65 bits per heavy atom. The molecule has 1 aliphatic rings. The first-order chi connectivity index (χ1) is 7.78. The second kappa shape index (κ2) is 5.26. The Morgan fingerprint density at radius 1 is 1.47 bits per heavy atom. The van der Waals surface area contributed by atoms with E-state index in [1.807, 2.05) is 6.08 Å². The minimum absolute atomic E-state index is 0.258. The number of hydrogen-bond donors (Lipinski definition) is 0. The van der Waals surface area contributed by atoms with E-state index in [2.05, 4.69) is 58.7 Å². The van der Waals surface area contributed by atoms with Crippen molar-refractivity contribution in [1.82, 2.24) is 0 Å². The topological polar surface area (TPSA) is 9.23 Å². The quantitative estimate of drug-likeness (QED) is 0.501. The van der Waals surface area contributed by atoms with Gasteiger partial charge in [-0.1, -0.05) is 39.0 Å². The lowest BCUT2D eigenvalue weighted by molar-refractivity contribution is 0.318. The summed E-state index contributed by atoms with van der Waals surface area (Å²) in [6, 6.07) is 0. The summed E-state index contributed by atoms with van der Waals surface area (Å²) >= 11 is 0. The third kappa shape index (κ3) is 3.60. The molecule has 1 rings (SSSR count). The van der Waals surface area contributed by atoms with Crippen LogP contribution in [0.5, 0.6) is 0 Å². The largest absolute Gasteiger partial charge is 0.546 e. The van der Waals surface area contributed by atoms with Crippen molar-refractivity contribution in [3.8, 4) is 0 Å². The summed E-state index contributed by atoms with van der Waals surface area (Å²) in [6.07, 6.45) is 10.5. The van der Waals surface area contributed by atoms with E-state index in [4.69, 9.17) is 4.43 Å². The highest BCUT2D eigenvalue weighted by molar-refractivity contribution is 6.74. The summed E-state index contributed by atoms with van der Waals surface area (Å²) in [5.41, 5.74) is 0. The third-order valence-electron chi connectivity index (χ3n) is 3.85. The molecule has 1 aliphatic carbocycles. The van der Waals surface area contributed by atoms with Crippen LogP contribution in [-0.4, -0.2) is 8.32 Å². The number of hydrogen-bond acceptors (Lipinski definition) is 1. The van der Waals surface area contributed by atoms with E-state index in [0.29, 0.717) is 5.92 Å². The van der Waals surface area contributed by atoms with E-state index in [0.717, 1.165) is 12.8 Å². The molecule has 1 atom stereocenters. The zero-order valence-corrected chi connectivity index (χ0v) is 12.9. The lowest BCUT2D eigenvalue weighted by atomic mass is 9.95. The maximum Gasteiger partial charge on any atom is 0.250 e. The molecule has 1 unspecified atom stereocenters. The second-order valence-corrected chi connectivity index (χ2v) is 11.0. The Kier molecular flexibility index (Phi) is 4.42. The molecule has 17 heavy (non-hydrogen) atoms. The molecule has 2 heteroatoms. The first-order valence-corrected chi connectivity index (χ1v) is 9.35. The minimum Gasteiger partial charge on any atom is -0.546 e. The van der Waals surface area contributed by atoms with Crippen LogP contribution in [0.1, 0.15) is 33.6 Å². The summed E-state index contributed by atoms with van der Waals surface area (Å²) < 4.78 is 6.41. The Labute approximate surface area is 107 Å². The van der Waals surface area contributed by atoms with Gasteiger partial charge in [-0.2, -0.15) is 0 Å². The van der Waals surface area contributed by atoms with Crippen LogP contribution in [0.4, 0.5) is 0 Å². The number of rotatable bonds is 4. The monoisotopic (exact) mass is 250 g/mol. The minimum atomic E-state index is -1.70. The molecular weight excluding hydrogens is 224 g/mol. The lowest BCUT2D eigenvalue weighted by Crippen LogP contribution is -2.41. The molecule has 0 fully saturated rings. The van der Waals surface area contributed by atoms with E-state index in [9.17, 15) is 0 Å². The zero-order valence-electron chi connectivity index (χ0n) is 11.9. The predicted octanol–water partition coefficient (Wildman–Crippen LogP) is 5.04. The van der Waals surface area contributed by atoms with Crippen molar-refractivity contribution in [1.29, 1.82) is 0 Å². The van der Waals surface area contributed by atoms with Gasteiger partial charge in [0.25, 0.3) is 0 Å². The standard InChI is InChI=1S/C15H26OSi/c1-7-10-13-11-8-9-12-14(13)16-17(5,6)15(2,3)4/h7-9,12-13H,1,10-11H2,2-6H3. The van der Waals surface area contributed by atoms with E-state index in [1.54, 1.807) is 0 Å². The van der Waals surface area contributed by atoms with Gasteiger partial charge in [-0.3, -0.25) is 0 Å². The van der Waals surface area contributed by atoms with Gasteiger partial charge in [-0.15, -0.1) is 6.58 Å². The van der Waals surface area contributed by atoms with Crippen molar-refractivity contribution in [2.75, 3.05) is 0 Å². The summed E-state index contributed by atoms with van der Waals surface area (Å²) in [6.45, 7) is 15.3. The van der Waals surface area contributed by atoms with Crippen molar-refractivity contribution in [2.24, 2.45) is 5.92 Å². The normalized spacial score (nSPS) is 21.0. The van der Waals surface area contributed by atoms with Crippen LogP contribution in [0.15, 0.2) is 36.6 Å². The summed E-state index contributed by atoms with van der Waals surface area (Å²) in [5, 5.41) is 0.258. The SMILES string of the molecule is C=CCC1CC=CC=C1O[Si](C)(C)C(C)(C)C. The molecule has 0 N–H and O–H groups in total. The fourth-order valence-corrected chi connectivity index (χ4v) is 2.77. The van der Waals surface area contributed by atoms with E-state index in [-0.39, 0.29) is 5.04 Å². The summed E-state index contributed by atoms with van der Waals surface area (Å²) in [4.78, 5) is 0. The van der Waals surface area contributed by atoms with Crippen molar-refractivity contribution in [3.63, 3.8) is 0 Å². The van der Waals surface area contributed by atoms with Gasteiger partial charge in [0, 0.05) is 5.92 Å². The molecule has 96 valence electrons. The molecule has 0 heterocycles. The summed E-state index contributed by atoms with van der Waals surface area (Å²) in [5.74, 6) is 1.66. The fraction of sp³-hybridized carbons (Fsp3) is 0.600. The zero-order chi connectivity index (χ0) is 13.1. The maximum absolute atomic E-state index is 6.41. The highest BCUT2D eigenvalue weighted by Gasteiger charge is 2.40. The van der Waals surface area contributed by atoms with Crippen molar-refractivity contribution < 1.29 is 4.43 Å². The van der Waals surface area contributed by atoms with Gasteiger partial charge in [0.1, 0.15) is 0 Å². The Balaban J connectivity index is 2.81. The maximum atomic E-state index is 6.41. The fourth-order valence-electron chi connectivity index (χ4n) is 1.64. The van der Waals surface area contributed by atoms with Crippen molar-refractivity contribution in [2.45, 2.75) is 51.7 Å². The molecule has 0 aliphatic heterocycles. The van der Waals surface area contributed by atoms with Gasteiger partial charge in [0.15, 0.2) is 0 Å². The van der Waals surface area contributed by atoms with Crippen LogP contribution < -0.4 is 0 Å². The molecule has 0 radical (unpaired) electrons. The molecule has 0 saturated carbocycles. The Bertz CT molecular complexity index is 329. The molecule has 0 spiro atoms. The van der Waals surface area contributed by atoms with Gasteiger partial charge >= 0.3 is 0 Å². The van der Waals surface area contributed by atoms with E-state index >= 15 is 0 Å². The van der Waals surface area contributed by atoms with Crippen LogP contribution in [0.25, 0.3) is 0 Å². The highest BCUT2D eigenvalue weighted by atomic mass is 28.4. The molecule has 0 amide bonds. The van der Waals surface area contributed by atoms with E-state index < -0.39 is 8.32 Å². The van der Waals surface area contributed by atoms with Crippen molar-refractivity contribution >= 4 is 8.32 Å². The van der Waals surface area contributed by atoms with E-state index in [1.165, 1.54) is 5.76 Å². The molecule has 0 saturated heterocycles. The summed E-state index contributed by atoms with van der Waals surface area (Å²) in [7, 11) is -1.70. The highest BCUT2D eigenvalue weighted by Crippen LogP contribution is 2.40. The van der Waals surface area contributed by atoms with Crippen LogP contribution in [0.3, 0.4) is 0 Å². The lowest BCUT2D eigenvalue weighted by Gasteiger charge is -2.39. The smallest absolute Gasteiger partial charge is 0.250 e. The number of allylic oxidation sites excluding steroid dienone is 5. The molecule has 0 aromatic heterocycles. The van der Waals surface area contributed by atoms with Gasteiger partial charge in [-0.05, 0) is 37.0 Å². The Morgan fingerprint density at radius 2 is 2.12 bits per heavy atom. The molecular formula is C15H26OSi. The first-order valence-electron chi connectivity index (χ1n) is 6.44. The predicted molar refractivity (Wildman–Crippen MR) is 78.4 cm³/mol. The molecule has 1 nitrogen and oxygen atoms in total. The third-order valence-corrected chi connectivity index (χ3v) is 8.21. The van der Waals surface area contributed by atoms with Crippen LogP contribution in [0.2, 0.25) is 18.1 Å². The molecule has 0 aromatic rings. The molecule has 0 aromatic carbocycles.